The summed E-state index contributed by atoms with van der Waals surface area (Å²) >= 11 is 11.1. The lowest BCUT2D eigenvalue weighted by atomic mass is 10.1. The fraction of sp³-hybridized carbons (Fsp3) is 0.188. The second kappa shape index (κ2) is 7.29. The SMILES string of the molecule is COc1cccc(CCNc2ccc(C(N)=S)c(Cl)c2)c1. The Hall–Kier alpha value is -1.78. The molecular formula is C16H17ClN2OS. The van der Waals surface area contributed by atoms with Crippen molar-refractivity contribution >= 4 is 34.5 Å². The highest BCUT2D eigenvalue weighted by Gasteiger charge is 2.04. The van der Waals surface area contributed by atoms with Crippen LogP contribution in [0.15, 0.2) is 42.5 Å². The Kier molecular flexibility index (Phi) is 5.42. The molecule has 0 aromatic heterocycles. The molecule has 0 bridgehead atoms. The van der Waals surface area contributed by atoms with Crippen LogP contribution >= 0.6 is 23.8 Å². The van der Waals surface area contributed by atoms with Crippen LogP contribution in [0, 0.1) is 0 Å². The number of nitrogens with two attached hydrogens (primary N) is 1. The Bertz CT molecular complexity index is 646. The van der Waals surface area contributed by atoms with Gasteiger partial charge in [-0.1, -0.05) is 36.0 Å². The number of hydrogen-bond acceptors (Lipinski definition) is 3. The quantitative estimate of drug-likeness (QED) is 0.798. The molecule has 0 aliphatic rings. The van der Waals surface area contributed by atoms with E-state index in [1.54, 1.807) is 7.11 Å². The molecule has 0 spiro atoms. The van der Waals surface area contributed by atoms with Crippen molar-refractivity contribution in [2.45, 2.75) is 6.42 Å². The van der Waals surface area contributed by atoms with Crippen LogP contribution in [0.1, 0.15) is 11.1 Å². The van der Waals surface area contributed by atoms with Gasteiger partial charge in [0.05, 0.1) is 12.1 Å². The molecule has 5 heteroatoms. The molecule has 3 N–H and O–H groups in total. The number of hydrogen-bond donors (Lipinski definition) is 2. The number of halogens is 1. The summed E-state index contributed by atoms with van der Waals surface area (Å²) in [6, 6.07) is 13.6. The number of ether oxygens (including phenoxy) is 1. The monoisotopic (exact) mass is 320 g/mol. The highest BCUT2D eigenvalue weighted by Crippen LogP contribution is 2.21. The zero-order valence-electron chi connectivity index (χ0n) is 11.7. The summed E-state index contributed by atoms with van der Waals surface area (Å²) in [6.45, 7) is 0.802. The third-order valence-corrected chi connectivity index (χ3v) is 3.64. The molecule has 0 amide bonds. The molecule has 0 aliphatic heterocycles. The first kappa shape index (κ1) is 15.6. The van der Waals surface area contributed by atoms with E-state index < -0.39 is 0 Å². The Morgan fingerprint density at radius 3 is 2.76 bits per heavy atom. The van der Waals surface area contributed by atoms with E-state index in [4.69, 9.17) is 34.3 Å². The standard InChI is InChI=1S/C16H17ClN2OS/c1-20-13-4-2-3-11(9-13)7-8-19-12-5-6-14(16(18)21)15(17)10-12/h2-6,9-10,19H,7-8H2,1H3,(H2,18,21). The molecule has 0 atom stereocenters. The Morgan fingerprint density at radius 2 is 2.10 bits per heavy atom. The van der Waals surface area contributed by atoms with Gasteiger partial charge in [-0.15, -0.1) is 0 Å². The maximum Gasteiger partial charge on any atom is 0.119 e. The summed E-state index contributed by atoms with van der Waals surface area (Å²) in [5.74, 6) is 0.872. The number of anilines is 1. The van der Waals surface area contributed by atoms with Crippen LogP contribution in [0.4, 0.5) is 5.69 Å². The third kappa shape index (κ3) is 4.34. The van der Waals surface area contributed by atoms with Crippen molar-refractivity contribution in [3.05, 3.63) is 58.6 Å². The molecule has 0 saturated heterocycles. The average Bonchev–Trinajstić information content (AvgIpc) is 2.47. The molecule has 0 heterocycles. The second-order valence-corrected chi connectivity index (χ2v) is 5.43. The maximum absolute atomic E-state index is 6.14. The Labute approximate surface area is 135 Å². The molecule has 2 aromatic rings. The van der Waals surface area contributed by atoms with Crippen LogP contribution in [0.5, 0.6) is 5.75 Å². The number of rotatable bonds is 6. The fourth-order valence-electron chi connectivity index (χ4n) is 2.00. The molecule has 0 radical (unpaired) electrons. The normalized spacial score (nSPS) is 10.2. The zero-order valence-corrected chi connectivity index (χ0v) is 13.3. The summed E-state index contributed by atoms with van der Waals surface area (Å²) in [5.41, 5.74) is 8.44. The van der Waals surface area contributed by atoms with Crippen LogP contribution in [0.3, 0.4) is 0 Å². The molecule has 2 aromatic carbocycles. The second-order valence-electron chi connectivity index (χ2n) is 4.59. The summed E-state index contributed by atoms with van der Waals surface area (Å²) in [5, 5.41) is 3.89. The molecule has 21 heavy (non-hydrogen) atoms. The van der Waals surface area contributed by atoms with E-state index in [0.29, 0.717) is 15.6 Å². The van der Waals surface area contributed by atoms with Crippen LogP contribution < -0.4 is 15.8 Å². The van der Waals surface area contributed by atoms with Crippen molar-refractivity contribution in [2.24, 2.45) is 5.73 Å². The summed E-state index contributed by atoms with van der Waals surface area (Å²) in [7, 11) is 1.67. The van der Waals surface area contributed by atoms with Gasteiger partial charge in [0, 0.05) is 17.8 Å². The lowest BCUT2D eigenvalue weighted by Gasteiger charge is -2.09. The van der Waals surface area contributed by atoms with Gasteiger partial charge in [0.25, 0.3) is 0 Å². The maximum atomic E-state index is 6.14. The number of methoxy groups -OCH3 is 1. The topological polar surface area (TPSA) is 47.3 Å². The Balaban J connectivity index is 1.94. The van der Waals surface area contributed by atoms with Gasteiger partial charge in [0.15, 0.2) is 0 Å². The van der Waals surface area contributed by atoms with Gasteiger partial charge in [-0.05, 0) is 42.3 Å². The van der Waals surface area contributed by atoms with Crippen molar-refractivity contribution in [3.63, 3.8) is 0 Å². The fourth-order valence-corrected chi connectivity index (χ4v) is 2.52. The first-order chi connectivity index (χ1) is 10.1. The summed E-state index contributed by atoms with van der Waals surface area (Å²) in [6.07, 6.45) is 0.895. The van der Waals surface area contributed by atoms with E-state index in [1.165, 1.54) is 5.56 Å². The van der Waals surface area contributed by atoms with Crippen molar-refractivity contribution in [2.75, 3.05) is 19.0 Å². The van der Waals surface area contributed by atoms with Crippen LogP contribution in [0.2, 0.25) is 5.02 Å². The molecule has 2 rings (SSSR count). The van der Waals surface area contributed by atoms with Crippen LogP contribution in [0.25, 0.3) is 0 Å². The number of thiocarbonyl (C=S) groups is 1. The minimum Gasteiger partial charge on any atom is -0.497 e. The Morgan fingerprint density at radius 1 is 1.29 bits per heavy atom. The molecular weight excluding hydrogens is 304 g/mol. The van der Waals surface area contributed by atoms with Crippen molar-refractivity contribution in [3.8, 4) is 5.75 Å². The van der Waals surface area contributed by atoms with E-state index in [9.17, 15) is 0 Å². The number of nitrogens with one attached hydrogen (secondary N) is 1. The molecule has 0 aliphatic carbocycles. The largest absolute Gasteiger partial charge is 0.497 e. The van der Waals surface area contributed by atoms with Gasteiger partial charge in [-0.25, -0.2) is 0 Å². The van der Waals surface area contributed by atoms with Crippen molar-refractivity contribution in [1.82, 2.24) is 0 Å². The van der Waals surface area contributed by atoms with E-state index in [-0.39, 0.29) is 0 Å². The van der Waals surface area contributed by atoms with E-state index in [0.717, 1.165) is 24.4 Å². The predicted octanol–water partition coefficient (Wildman–Crippen LogP) is 3.64. The minimum atomic E-state index is 0.308. The highest BCUT2D eigenvalue weighted by atomic mass is 35.5. The number of benzene rings is 2. The summed E-state index contributed by atoms with van der Waals surface area (Å²) in [4.78, 5) is 0.308. The lowest BCUT2D eigenvalue weighted by Crippen LogP contribution is -2.10. The van der Waals surface area contributed by atoms with E-state index in [1.807, 2.05) is 36.4 Å². The van der Waals surface area contributed by atoms with Crippen molar-refractivity contribution in [1.29, 1.82) is 0 Å². The first-order valence-corrected chi connectivity index (χ1v) is 7.35. The van der Waals surface area contributed by atoms with Gasteiger partial charge in [-0.3, -0.25) is 0 Å². The minimum absolute atomic E-state index is 0.308. The van der Waals surface area contributed by atoms with Gasteiger partial charge >= 0.3 is 0 Å². The van der Waals surface area contributed by atoms with Gasteiger partial charge in [0.1, 0.15) is 10.7 Å². The molecule has 0 unspecified atom stereocenters. The van der Waals surface area contributed by atoms with Gasteiger partial charge in [0.2, 0.25) is 0 Å². The molecule has 3 nitrogen and oxygen atoms in total. The summed E-state index contributed by atoms with van der Waals surface area (Å²) < 4.78 is 5.21. The smallest absolute Gasteiger partial charge is 0.119 e. The van der Waals surface area contributed by atoms with Crippen LogP contribution in [-0.2, 0) is 6.42 Å². The van der Waals surface area contributed by atoms with Gasteiger partial charge in [-0.2, -0.15) is 0 Å². The molecule has 0 saturated carbocycles. The van der Waals surface area contributed by atoms with Crippen molar-refractivity contribution < 1.29 is 4.74 Å². The zero-order chi connectivity index (χ0) is 15.2. The van der Waals surface area contributed by atoms with Gasteiger partial charge < -0.3 is 15.8 Å². The lowest BCUT2D eigenvalue weighted by molar-refractivity contribution is 0.414. The first-order valence-electron chi connectivity index (χ1n) is 6.56. The molecule has 0 fully saturated rings. The van der Waals surface area contributed by atoms with E-state index in [2.05, 4.69) is 11.4 Å². The third-order valence-electron chi connectivity index (χ3n) is 3.11. The average molecular weight is 321 g/mol. The van der Waals surface area contributed by atoms with E-state index >= 15 is 0 Å². The predicted molar refractivity (Wildman–Crippen MR) is 92.5 cm³/mol. The highest BCUT2D eigenvalue weighted by molar-refractivity contribution is 7.80. The molecule has 110 valence electrons. The van der Waals surface area contributed by atoms with Crippen LogP contribution in [-0.4, -0.2) is 18.6 Å².